The fourth-order valence-electron chi connectivity index (χ4n) is 2.96. The molecular weight excluding hydrogens is 372 g/mol. The van der Waals surface area contributed by atoms with Crippen LogP contribution in [0.15, 0.2) is 29.1 Å². The van der Waals surface area contributed by atoms with E-state index in [1.807, 2.05) is 0 Å². The van der Waals surface area contributed by atoms with Gasteiger partial charge >= 0.3 is 6.03 Å². The van der Waals surface area contributed by atoms with Gasteiger partial charge in [-0.15, -0.1) is 0 Å². The Hall–Kier alpha value is -3.01. The number of halogens is 2. The molecule has 3 N–H and O–H groups in total. The van der Waals surface area contributed by atoms with Crippen molar-refractivity contribution in [1.82, 2.24) is 14.7 Å². The molecule has 1 aromatic carbocycles. The van der Waals surface area contributed by atoms with Crippen molar-refractivity contribution in [3.8, 4) is 5.75 Å². The summed E-state index contributed by atoms with van der Waals surface area (Å²) in [6.07, 6.45) is 0.839. The van der Waals surface area contributed by atoms with Crippen molar-refractivity contribution in [1.29, 1.82) is 0 Å². The topological polar surface area (TPSA) is 102 Å². The number of nitrogens with zero attached hydrogens (tertiary/aromatic N) is 3. The molecule has 10 heteroatoms. The third-order valence-electron chi connectivity index (χ3n) is 4.52. The highest BCUT2D eigenvalue weighted by Gasteiger charge is 2.25. The normalized spacial score (nSPS) is 14.8. The van der Waals surface area contributed by atoms with Crippen LogP contribution in [0.4, 0.5) is 19.4 Å². The van der Waals surface area contributed by atoms with E-state index in [0.717, 1.165) is 10.7 Å². The number of anilines is 1. The zero-order valence-electron chi connectivity index (χ0n) is 15.3. The number of piperidine rings is 1. The van der Waals surface area contributed by atoms with Crippen LogP contribution in [0.2, 0.25) is 0 Å². The van der Waals surface area contributed by atoms with Crippen LogP contribution < -0.4 is 21.3 Å². The second-order valence-corrected chi connectivity index (χ2v) is 6.50. The molecule has 3 rings (SSSR count). The monoisotopic (exact) mass is 393 g/mol. The summed E-state index contributed by atoms with van der Waals surface area (Å²) in [7, 11) is 1.50. The number of amides is 2. The predicted molar refractivity (Wildman–Crippen MR) is 98.0 cm³/mol. The Labute approximate surface area is 159 Å². The fraction of sp³-hybridized carbons (Fsp3) is 0.389. The van der Waals surface area contributed by atoms with Gasteiger partial charge in [0.25, 0.3) is 5.56 Å². The maximum Gasteiger partial charge on any atom is 0.323 e. The number of likely N-dealkylation sites (tertiary alicyclic amines) is 1. The molecule has 0 bridgehead atoms. The summed E-state index contributed by atoms with van der Waals surface area (Å²) in [5.74, 6) is -1.47. The minimum absolute atomic E-state index is 0.0524. The zero-order valence-corrected chi connectivity index (χ0v) is 15.3. The molecule has 150 valence electrons. The van der Waals surface area contributed by atoms with Gasteiger partial charge in [-0.25, -0.2) is 18.3 Å². The van der Waals surface area contributed by atoms with E-state index in [2.05, 4.69) is 10.4 Å². The number of nitrogens with two attached hydrogens (primary N) is 1. The first-order chi connectivity index (χ1) is 13.4. The van der Waals surface area contributed by atoms with Gasteiger partial charge in [0.15, 0.2) is 17.5 Å². The molecule has 0 atom stereocenters. The van der Waals surface area contributed by atoms with Gasteiger partial charge in [-0.05, 0) is 12.1 Å². The van der Waals surface area contributed by atoms with E-state index in [1.165, 1.54) is 25.2 Å². The summed E-state index contributed by atoms with van der Waals surface area (Å²) >= 11 is 0. The van der Waals surface area contributed by atoms with Gasteiger partial charge < -0.3 is 15.4 Å². The van der Waals surface area contributed by atoms with Gasteiger partial charge in [0.1, 0.15) is 11.9 Å². The lowest BCUT2D eigenvalue weighted by molar-refractivity contribution is 0.115. The van der Waals surface area contributed by atoms with Gasteiger partial charge in [0, 0.05) is 57.2 Å². The Morgan fingerprint density at radius 2 is 2.04 bits per heavy atom. The van der Waals surface area contributed by atoms with Gasteiger partial charge in [0.2, 0.25) is 0 Å². The van der Waals surface area contributed by atoms with E-state index < -0.39 is 11.6 Å². The lowest BCUT2D eigenvalue weighted by Crippen LogP contribution is -2.44. The van der Waals surface area contributed by atoms with E-state index in [-0.39, 0.29) is 41.4 Å². The lowest BCUT2D eigenvalue weighted by atomic mass is 10.1. The van der Waals surface area contributed by atoms with Crippen molar-refractivity contribution in [3.05, 3.63) is 51.8 Å². The highest BCUT2D eigenvalue weighted by atomic mass is 19.2. The molecule has 0 aliphatic carbocycles. The lowest BCUT2D eigenvalue weighted by Gasteiger charge is -2.32. The third-order valence-corrected chi connectivity index (χ3v) is 4.52. The van der Waals surface area contributed by atoms with Crippen LogP contribution in [0.25, 0.3) is 0 Å². The van der Waals surface area contributed by atoms with Gasteiger partial charge in [0.05, 0.1) is 0 Å². The molecule has 2 amide bonds. The summed E-state index contributed by atoms with van der Waals surface area (Å²) in [6.45, 7) is 0.725. The molecule has 0 spiro atoms. The molecule has 1 aromatic heterocycles. The second-order valence-electron chi connectivity index (χ2n) is 6.50. The average Bonchev–Trinajstić information content (AvgIpc) is 2.68. The van der Waals surface area contributed by atoms with Crippen LogP contribution in [0.5, 0.6) is 5.75 Å². The van der Waals surface area contributed by atoms with E-state index in [1.54, 1.807) is 4.90 Å². The number of aryl methyl sites for hydroxylation is 1. The van der Waals surface area contributed by atoms with Gasteiger partial charge in [-0.1, -0.05) is 0 Å². The number of aromatic nitrogens is 2. The number of ether oxygens (including phenoxy) is 1. The first kappa shape index (κ1) is 19.7. The van der Waals surface area contributed by atoms with Crippen LogP contribution in [-0.2, 0) is 13.6 Å². The smallest absolute Gasteiger partial charge is 0.323 e. The summed E-state index contributed by atoms with van der Waals surface area (Å²) in [6, 6.07) is 4.82. The minimum Gasteiger partial charge on any atom is -0.490 e. The second kappa shape index (κ2) is 8.34. The average molecular weight is 393 g/mol. The van der Waals surface area contributed by atoms with Crippen LogP contribution in [-0.4, -0.2) is 39.9 Å². The van der Waals surface area contributed by atoms with Crippen molar-refractivity contribution in [2.75, 3.05) is 18.4 Å². The molecule has 2 heterocycles. The van der Waals surface area contributed by atoms with Crippen LogP contribution >= 0.6 is 0 Å². The van der Waals surface area contributed by atoms with Crippen LogP contribution in [0.3, 0.4) is 0 Å². The van der Waals surface area contributed by atoms with Crippen molar-refractivity contribution in [2.24, 2.45) is 12.8 Å². The van der Waals surface area contributed by atoms with Crippen molar-refractivity contribution in [3.63, 3.8) is 0 Å². The molecule has 0 radical (unpaired) electrons. The Morgan fingerprint density at radius 1 is 1.32 bits per heavy atom. The Balaban J connectivity index is 1.55. The SMILES string of the molecule is Cn1nc(NC(=O)N2CCC(Oc3cc(F)c(F)c(CN)c3)CC2)ccc1=O. The molecule has 0 saturated carbocycles. The molecule has 1 aliphatic rings. The Bertz CT molecular complexity index is 926. The molecular formula is C18H21F2N5O3. The summed E-state index contributed by atoms with van der Waals surface area (Å²) in [5.41, 5.74) is 5.20. The van der Waals surface area contributed by atoms with Gasteiger partial charge in [-0.3, -0.25) is 10.1 Å². The first-order valence-corrected chi connectivity index (χ1v) is 8.82. The molecule has 0 unspecified atom stereocenters. The largest absolute Gasteiger partial charge is 0.490 e. The summed E-state index contributed by atoms with van der Waals surface area (Å²) in [5, 5.41) is 6.60. The van der Waals surface area contributed by atoms with Crippen LogP contribution in [0, 0.1) is 11.6 Å². The number of urea groups is 1. The Kier molecular flexibility index (Phi) is 5.88. The molecule has 1 aliphatic heterocycles. The Morgan fingerprint density at radius 3 is 2.68 bits per heavy atom. The third kappa shape index (κ3) is 4.45. The van der Waals surface area contributed by atoms with Gasteiger partial charge in [-0.2, -0.15) is 5.10 Å². The van der Waals surface area contributed by atoms with E-state index in [4.69, 9.17) is 10.5 Å². The number of hydrogen-bond donors (Lipinski definition) is 2. The van der Waals surface area contributed by atoms with Crippen molar-refractivity contribution in [2.45, 2.75) is 25.5 Å². The maximum absolute atomic E-state index is 13.6. The number of benzene rings is 1. The molecule has 8 nitrogen and oxygen atoms in total. The van der Waals surface area contributed by atoms with Crippen LogP contribution in [0.1, 0.15) is 18.4 Å². The molecule has 1 fully saturated rings. The zero-order chi connectivity index (χ0) is 20.3. The minimum atomic E-state index is -1.00. The number of carbonyl (C=O) groups is 1. The van der Waals surface area contributed by atoms with Crippen molar-refractivity contribution < 1.29 is 18.3 Å². The highest BCUT2D eigenvalue weighted by molar-refractivity contribution is 5.88. The molecule has 2 aromatic rings. The molecule has 28 heavy (non-hydrogen) atoms. The van der Waals surface area contributed by atoms with E-state index in [0.29, 0.717) is 25.9 Å². The predicted octanol–water partition coefficient (Wildman–Crippen LogP) is 1.59. The first-order valence-electron chi connectivity index (χ1n) is 8.82. The number of rotatable bonds is 4. The van der Waals surface area contributed by atoms with E-state index in [9.17, 15) is 18.4 Å². The quantitative estimate of drug-likeness (QED) is 0.821. The fourth-order valence-corrected chi connectivity index (χ4v) is 2.96. The highest BCUT2D eigenvalue weighted by Crippen LogP contribution is 2.24. The summed E-state index contributed by atoms with van der Waals surface area (Å²) < 4.78 is 34.0. The standard InChI is InChI=1S/C18H21F2N5O3/c1-24-16(26)3-2-15(23-24)22-18(27)25-6-4-12(5-7-25)28-13-8-11(10-21)17(20)14(19)9-13/h2-3,8-9,12H,4-7,10,21H2,1H3,(H,22,23,27). The number of carbonyl (C=O) groups excluding carboxylic acids is 1. The molecule has 1 saturated heterocycles. The summed E-state index contributed by atoms with van der Waals surface area (Å²) in [4.78, 5) is 25.3. The number of nitrogens with one attached hydrogen (secondary N) is 1. The van der Waals surface area contributed by atoms with E-state index >= 15 is 0 Å². The van der Waals surface area contributed by atoms with Crippen molar-refractivity contribution >= 4 is 11.8 Å². The maximum atomic E-state index is 13.6. The number of hydrogen-bond acceptors (Lipinski definition) is 5.